The van der Waals surface area contributed by atoms with Crippen LogP contribution in [0, 0.1) is 6.92 Å². The summed E-state index contributed by atoms with van der Waals surface area (Å²) >= 11 is 0. The zero-order valence-electron chi connectivity index (χ0n) is 11.0. The van der Waals surface area contributed by atoms with Gasteiger partial charge in [0.25, 0.3) is 0 Å². The van der Waals surface area contributed by atoms with Gasteiger partial charge in [0.1, 0.15) is 5.75 Å². The zero-order valence-corrected chi connectivity index (χ0v) is 11.0. The van der Waals surface area contributed by atoms with E-state index in [1.165, 1.54) is 4.68 Å². The summed E-state index contributed by atoms with van der Waals surface area (Å²) in [5.74, 6) is -0.321. The lowest BCUT2D eigenvalue weighted by Gasteiger charge is -2.10. The molecule has 0 saturated carbocycles. The van der Waals surface area contributed by atoms with Crippen molar-refractivity contribution in [3.8, 4) is 11.4 Å². The molecule has 0 aliphatic rings. The lowest BCUT2D eigenvalue weighted by Crippen LogP contribution is -2.06. The summed E-state index contributed by atoms with van der Waals surface area (Å²) in [5.41, 5.74) is 1.20. The topological polar surface area (TPSA) is 77.2 Å². The van der Waals surface area contributed by atoms with Gasteiger partial charge in [0.15, 0.2) is 5.69 Å². The first-order chi connectivity index (χ1) is 8.99. The Bertz CT molecular complexity index is 588. The first-order valence-electron chi connectivity index (χ1n) is 5.91. The van der Waals surface area contributed by atoms with Crippen LogP contribution in [0.5, 0.6) is 5.75 Å². The lowest BCUT2D eigenvalue weighted by atomic mass is 10.2. The normalized spacial score (nSPS) is 10.7. The summed E-state index contributed by atoms with van der Waals surface area (Å²) in [6, 6.07) is 7.25. The van der Waals surface area contributed by atoms with E-state index in [1.54, 1.807) is 6.92 Å². The highest BCUT2D eigenvalue weighted by molar-refractivity contribution is 5.86. The van der Waals surface area contributed by atoms with Crippen molar-refractivity contribution in [3.63, 3.8) is 0 Å². The molecule has 19 heavy (non-hydrogen) atoms. The zero-order chi connectivity index (χ0) is 14.0. The molecule has 2 rings (SSSR count). The van der Waals surface area contributed by atoms with Gasteiger partial charge in [0.05, 0.1) is 17.5 Å². The van der Waals surface area contributed by atoms with E-state index in [0.717, 1.165) is 11.4 Å². The van der Waals surface area contributed by atoms with Gasteiger partial charge in [-0.15, -0.1) is 5.10 Å². The number of carbonyl (C=O) groups is 1. The molecule has 0 radical (unpaired) electrons. The molecule has 2 aromatic rings. The van der Waals surface area contributed by atoms with E-state index in [-0.39, 0.29) is 11.8 Å². The van der Waals surface area contributed by atoms with Crippen molar-refractivity contribution in [3.05, 3.63) is 35.7 Å². The Kier molecular flexibility index (Phi) is 3.50. The molecule has 0 bridgehead atoms. The number of benzene rings is 1. The molecule has 1 heterocycles. The van der Waals surface area contributed by atoms with Crippen molar-refractivity contribution in [2.45, 2.75) is 26.9 Å². The number of carboxylic acid groups (broad SMARTS) is 1. The molecule has 1 aromatic carbocycles. The van der Waals surface area contributed by atoms with Crippen LogP contribution in [0.4, 0.5) is 0 Å². The maximum absolute atomic E-state index is 10.9. The van der Waals surface area contributed by atoms with E-state index >= 15 is 0 Å². The Hall–Kier alpha value is -2.37. The summed E-state index contributed by atoms with van der Waals surface area (Å²) in [4.78, 5) is 10.9. The second kappa shape index (κ2) is 5.09. The Morgan fingerprint density at radius 3 is 2.42 bits per heavy atom. The molecule has 0 aliphatic heterocycles. The first kappa shape index (κ1) is 13.1. The van der Waals surface area contributed by atoms with Gasteiger partial charge in [-0.3, -0.25) is 0 Å². The Labute approximate surface area is 110 Å². The number of aromatic nitrogens is 3. The molecule has 6 heteroatoms. The maximum atomic E-state index is 10.9. The van der Waals surface area contributed by atoms with Crippen LogP contribution in [0.1, 0.15) is 30.0 Å². The number of ether oxygens (including phenoxy) is 1. The van der Waals surface area contributed by atoms with Crippen molar-refractivity contribution >= 4 is 5.97 Å². The smallest absolute Gasteiger partial charge is 0.358 e. The number of aromatic carboxylic acids is 1. The first-order valence-corrected chi connectivity index (χ1v) is 5.91. The number of hydrogen-bond donors (Lipinski definition) is 1. The summed E-state index contributed by atoms with van der Waals surface area (Å²) in [6.07, 6.45) is 0.109. The number of rotatable bonds is 4. The number of carboxylic acids is 1. The molecule has 0 amide bonds. The minimum Gasteiger partial charge on any atom is -0.491 e. The van der Waals surface area contributed by atoms with Crippen LogP contribution in [0.25, 0.3) is 5.69 Å². The van der Waals surface area contributed by atoms with E-state index in [9.17, 15) is 4.79 Å². The molecule has 1 N–H and O–H groups in total. The lowest BCUT2D eigenvalue weighted by molar-refractivity contribution is 0.0689. The molecule has 100 valence electrons. The van der Waals surface area contributed by atoms with Gasteiger partial charge < -0.3 is 9.84 Å². The molecule has 0 unspecified atom stereocenters. The van der Waals surface area contributed by atoms with Crippen molar-refractivity contribution in [2.24, 2.45) is 0 Å². The third kappa shape index (κ3) is 2.73. The SMILES string of the molecule is Cc1c(C(=O)O)nnn1-c1ccc(OC(C)C)cc1. The van der Waals surface area contributed by atoms with Crippen LogP contribution >= 0.6 is 0 Å². The van der Waals surface area contributed by atoms with Gasteiger partial charge in [-0.25, -0.2) is 9.48 Å². The quantitative estimate of drug-likeness (QED) is 0.911. The van der Waals surface area contributed by atoms with E-state index < -0.39 is 5.97 Å². The van der Waals surface area contributed by atoms with Crippen LogP contribution < -0.4 is 4.74 Å². The summed E-state index contributed by atoms with van der Waals surface area (Å²) < 4.78 is 7.03. The molecule has 6 nitrogen and oxygen atoms in total. The second-order valence-electron chi connectivity index (χ2n) is 4.40. The van der Waals surface area contributed by atoms with Crippen LogP contribution in [0.2, 0.25) is 0 Å². The minimum absolute atomic E-state index is 0.0393. The largest absolute Gasteiger partial charge is 0.491 e. The van der Waals surface area contributed by atoms with Crippen molar-refractivity contribution in [2.75, 3.05) is 0 Å². The van der Waals surface area contributed by atoms with E-state index in [4.69, 9.17) is 9.84 Å². The molecule has 0 fully saturated rings. The highest BCUT2D eigenvalue weighted by Gasteiger charge is 2.15. The fourth-order valence-electron chi connectivity index (χ4n) is 1.71. The minimum atomic E-state index is -1.08. The second-order valence-corrected chi connectivity index (χ2v) is 4.40. The number of hydrogen-bond acceptors (Lipinski definition) is 4. The fourth-order valence-corrected chi connectivity index (χ4v) is 1.71. The maximum Gasteiger partial charge on any atom is 0.358 e. The average molecular weight is 261 g/mol. The van der Waals surface area contributed by atoms with Gasteiger partial charge in [-0.1, -0.05) is 5.21 Å². The van der Waals surface area contributed by atoms with Gasteiger partial charge >= 0.3 is 5.97 Å². The fraction of sp³-hybridized carbons (Fsp3) is 0.308. The third-order valence-electron chi connectivity index (χ3n) is 2.55. The summed E-state index contributed by atoms with van der Waals surface area (Å²) in [5, 5.41) is 16.4. The van der Waals surface area contributed by atoms with E-state index in [1.807, 2.05) is 38.1 Å². The standard InChI is InChI=1S/C13H15N3O3/c1-8(2)19-11-6-4-10(5-7-11)16-9(3)12(13(17)18)14-15-16/h4-8H,1-3H3,(H,17,18). The molecular formula is C13H15N3O3. The predicted octanol–water partition coefficient (Wildman–Crippen LogP) is 2.06. The highest BCUT2D eigenvalue weighted by Crippen LogP contribution is 2.18. The van der Waals surface area contributed by atoms with Crippen LogP contribution in [0.3, 0.4) is 0 Å². The third-order valence-corrected chi connectivity index (χ3v) is 2.55. The van der Waals surface area contributed by atoms with Crippen LogP contribution in [0.15, 0.2) is 24.3 Å². The van der Waals surface area contributed by atoms with E-state index in [0.29, 0.717) is 5.69 Å². The van der Waals surface area contributed by atoms with Crippen LogP contribution in [-0.4, -0.2) is 32.2 Å². The highest BCUT2D eigenvalue weighted by atomic mass is 16.5. The Morgan fingerprint density at radius 2 is 1.95 bits per heavy atom. The summed E-state index contributed by atoms with van der Waals surface area (Å²) in [6.45, 7) is 5.57. The molecule has 0 aliphatic carbocycles. The average Bonchev–Trinajstić information content (AvgIpc) is 2.71. The van der Waals surface area contributed by atoms with Crippen LogP contribution in [-0.2, 0) is 0 Å². The van der Waals surface area contributed by atoms with Gasteiger partial charge in [0, 0.05) is 0 Å². The molecule has 1 aromatic heterocycles. The monoisotopic (exact) mass is 261 g/mol. The van der Waals surface area contributed by atoms with E-state index in [2.05, 4.69) is 10.3 Å². The molecule has 0 atom stereocenters. The van der Waals surface area contributed by atoms with Crippen molar-refractivity contribution in [1.29, 1.82) is 0 Å². The summed E-state index contributed by atoms with van der Waals surface area (Å²) in [7, 11) is 0. The number of nitrogens with zero attached hydrogens (tertiary/aromatic N) is 3. The van der Waals surface area contributed by atoms with Gasteiger partial charge in [-0.05, 0) is 45.0 Å². The van der Waals surface area contributed by atoms with Gasteiger partial charge in [0.2, 0.25) is 0 Å². The van der Waals surface area contributed by atoms with Crippen molar-refractivity contribution < 1.29 is 14.6 Å². The Morgan fingerprint density at radius 1 is 1.32 bits per heavy atom. The molecule has 0 spiro atoms. The Balaban J connectivity index is 2.30. The predicted molar refractivity (Wildman–Crippen MR) is 68.8 cm³/mol. The van der Waals surface area contributed by atoms with Gasteiger partial charge in [-0.2, -0.15) is 0 Å². The molecular weight excluding hydrogens is 246 g/mol. The van der Waals surface area contributed by atoms with Crippen molar-refractivity contribution in [1.82, 2.24) is 15.0 Å². The molecule has 0 saturated heterocycles.